The molecule has 0 atom stereocenters. The van der Waals surface area contributed by atoms with Crippen LogP contribution in [0.25, 0.3) is 11.3 Å². The zero-order valence-electron chi connectivity index (χ0n) is 16.7. The lowest BCUT2D eigenvalue weighted by atomic mass is 10.0. The molecule has 1 N–H and O–H groups in total. The van der Waals surface area contributed by atoms with Gasteiger partial charge in [0.1, 0.15) is 11.6 Å². The van der Waals surface area contributed by atoms with E-state index in [1.54, 1.807) is 7.11 Å². The number of nitrogens with one attached hydrogen (secondary N) is 1. The van der Waals surface area contributed by atoms with Crippen molar-refractivity contribution in [1.82, 2.24) is 9.97 Å². The molecule has 2 rings (SSSR count). The lowest BCUT2D eigenvalue weighted by Crippen LogP contribution is -2.20. The number of aryl methyl sites for hydroxylation is 3. The van der Waals surface area contributed by atoms with Crippen LogP contribution in [0.3, 0.4) is 0 Å². The summed E-state index contributed by atoms with van der Waals surface area (Å²) in [5.74, 6) is 1.60. The summed E-state index contributed by atoms with van der Waals surface area (Å²) in [4.78, 5) is 9.93. The maximum Gasteiger partial charge on any atom is 0.148 e. The van der Waals surface area contributed by atoms with Gasteiger partial charge in [-0.2, -0.15) is 0 Å². The average molecular weight is 376 g/mol. The van der Waals surface area contributed by atoms with Crippen LogP contribution >= 0.6 is 11.6 Å². The van der Waals surface area contributed by atoms with E-state index in [1.165, 1.54) is 0 Å². The predicted octanol–water partition coefficient (Wildman–Crippen LogP) is 5.84. The third-order valence-electron chi connectivity index (χ3n) is 4.79. The molecule has 4 nitrogen and oxygen atoms in total. The summed E-state index contributed by atoms with van der Waals surface area (Å²) in [6, 6.07) is 4.31. The predicted molar refractivity (Wildman–Crippen MR) is 111 cm³/mol. The molecule has 26 heavy (non-hydrogen) atoms. The topological polar surface area (TPSA) is 47.0 Å². The molecule has 5 heteroatoms. The molecule has 0 aliphatic carbocycles. The minimum Gasteiger partial charge on any atom is -0.495 e. The van der Waals surface area contributed by atoms with Gasteiger partial charge >= 0.3 is 0 Å². The lowest BCUT2D eigenvalue weighted by molar-refractivity contribution is 0.415. The van der Waals surface area contributed by atoms with E-state index in [1.807, 2.05) is 12.1 Å². The summed E-state index contributed by atoms with van der Waals surface area (Å²) in [5, 5.41) is 4.17. The first-order valence-electron chi connectivity index (χ1n) is 9.49. The summed E-state index contributed by atoms with van der Waals surface area (Å²) in [5.41, 5.74) is 5.00. The Morgan fingerprint density at radius 1 is 1.04 bits per heavy atom. The third kappa shape index (κ3) is 4.29. The van der Waals surface area contributed by atoms with E-state index in [9.17, 15) is 0 Å². The van der Waals surface area contributed by atoms with Crippen LogP contribution in [0.1, 0.15) is 57.5 Å². The summed E-state index contributed by atoms with van der Waals surface area (Å²) in [6.45, 7) is 10.7. The Balaban J connectivity index is 2.58. The minimum atomic E-state index is 0.419. The number of rotatable bonds is 8. The zero-order chi connectivity index (χ0) is 19.3. The average Bonchev–Trinajstić information content (AvgIpc) is 2.66. The van der Waals surface area contributed by atoms with E-state index in [0.717, 1.165) is 59.7 Å². The molecule has 0 radical (unpaired) electrons. The van der Waals surface area contributed by atoms with Crippen molar-refractivity contribution in [2.24, 2.45) is 0 Å². The van der Waals surface area contributed by atoms with E-state index in [-0.39, 0.29) is 0 Å². The fraction of sp³-hybridized carbons (Fsp3) is 0.524. The van der Waals surface area contributed by atoms with Gasteiger partial charge in [0.05, 0.1) is 29.2 Å². The fourth-order valence-corrected chi connectivity index (χ4v) is 3.32. The molecule has 1 heterocycles. The van der Waals surface area contributed by atoms with Gasteiger partial charge in [0.25, 0.3) is 0 Å². The van der Waals surface area contributed by atoms with Crippen LogP contribution in [0, 0.1) is 6.92 Å². The van der Waals surface area contributed by atoms with Crippen molar-refractivity contribution in [3.63, 3.8) is 0 Å². The quantitative estimate of drug-likeness (QED) is 0.629. The van der Waals surface area contributed by atoms with Gasteiger partial charge in [-0.05, 0) is 50.3 Å². The molecular weight excluding hydrogens is 346 g/mol. The zero-order valence-corrected chi connectivity index (χ0v) is 17.5. The Morgan fingerprint density at radius 3 is 2.23 bits per heavy atom. The molecule has 0 spiro atoms. The number of halogens is 1. The van der Waals surface area contributed by atoms with Crippen LogP contribution in [-0.2, 0) is 12.8 Å². The Labute approximate surface area is 162 Å². The molecule has 0 fully saturated rings. The summed E-state index contributed by atoms with van der Waals surface area (Å²) in [7, 11) is 1.63. The van der Waals surface area contributed by atoms with E-state index in [2.05, 4.69) is 39.9 Å². The van der Waals surface area contributed by atoms with E-state index < -0.39 is 0 Å². The van der Waals surface area contributed by atoms with Crippen LogP contribution in [0.4, 0.5) is 5.82 Å². The Hall–Kier alpha value is -1.81. The Kier molecular flexibility index (Phi) is 7.27. The van der Waals surface area contributed by atoms with Crippen LogP contribution in [0.15, 0.2) is 12.1 Å². The number of ether oxygens (including phenoxy) is 1. The third-order valence-corrected chi connectivity index (χ3v) is 5.09. The number of hydrogen-bond donors (Lipinski definition) is 1. The molecule has 0 bridgehead atoms. The normalized spacial score (nSPS) is 11.1. The molecule has 2 aromatic rings. The van der Waals surface area contributed by atoms with E-state index >= 15 is 0 Å². The second-order valence-electron chi connectivity index (χ2n) is 6.48. The highest BCUT2D eigenvalue weighted by Crippen LogP contribution is 2.35. The monoisotopic (exact) mass is 375 g/mol. The van der Waals surface area contributed by atoms with Crippen molar-refractivity contribution >= 4 is 17.4 Å². The molecule has 1 aromatic carbocycles. The maximum atomic E-state index is 6.37. The van der Waals surface area contributed by atoms with Gasteiger partial charge in [-0.1, -0.05) is 39.3 Å². The van der Waals surface area contributed by atoms with Crippen molar-refractivity contribution in [3.05, 3.63) is 34.1 Å². The van der Waals surface area contributed by atoms with Crippen molar-refractivity contribution in [1.29, 1.82) is 0 Å². The van der Waals surface area contributed by atoms with Crippen LogP contribution in [0.5, 0.6) is 5.75 Å². The van der Waals surface area contributed by atoms with Crippen molar-refractivity contribution in [3.8, 4) is 17.0 Å². The second kappa shape index (κ2) is 9.22. The van der Waals surface area contributed by atoms with Gasteiger partial charge < -0.3 is 10.1 Å². The van der Waals surface area contributed by atoms with Crippen molar-refractivity contribution in [2.75, 3.05) is 12.4 Å². The van der Waals surface area contributed by atoms with Gasteiger partial charge in [-0.15, -0.1) is 0 Å². The van der Waals surface area contributed by atoms with E-state index in [0.29, 0.717) is 16.8 Å². The van der Waals surface area contributed by atoms with Crippen molar-refractivity contribution in [2.45, 2.75) is 66.3 Å². The Morgan fingerprint density at radius 2 is 1.69 bits per heavy atom. The number of aromatic nitrogens is 2. The van der Waals surface area contributed by atoms with Gasteiger partial charge in [0.15, 0.2) is 0 Å². The highest BCUT2D eigenvalue weighted by Gasteiger charge is 2.18. The standard InChI is InChI=1S/C21H30ClN3O/c1-7-14(8-2)23-21-18(10-4)24-20(17(9-3)25-21)15-12-16(22)19(26-6)11-13(15)5/h11-12,14H,7-10H2,1-6H3,(H,23,25). The maximum absolute atomic E-state index is 6.37. The molecular formula is C21H30ClN3O. The first-order valence-corrected chi connectivity index (χ1v) is 9.87. The minimum absolute atomic E-state index is 0.419. The largest absolute Gasteiger partial charge is 0.495 e. The molecule has 0 unspecified atom stereocenters. The van der Waals surface area contributed by atoms with Crippen molar-refractivity contribution < 1.29 is 4.74 Å². The first kappa shape index (κ1) is 20.5. The molecule has 0 amide bonds. The number of nitrogens with zero attached hydrogens (tertiary/aromatic N) is 2. The van der Waals surface area contributed by atoms with Gasteiger partial charge in [-0.25, -0.2) is 9.97 Å². The number of anilines is 1. The second-order valence-corrected chi connectivity index (χ2v) is 6.89. The molecule has 0 saturated heterocycles. The smallest absolute Gasteiger partial charge is 0.148 e. The molecule has 0 aliphatic heterocycles. The summed E-state index contributed by atoms with van der Waals surface area (Å²) >= 11 is 6.37. The van der Waals surface area contributed by atoms with Crippen LogP contribution in [0.2, 0.25) is 5.02 Å². The number of hydrogen-bond acceptors (Lipinski definition) is 4. The Bertz CT molecular complexity index is 757. The molecule has 0 aliphatic rings. The highest BCUT2D eigenvalue weighted by atomic mass is 35.5. The molecule has 0 saturated carbocycles. The number of benzene rings is 1. The first-order chi connectivity index (χ1) is 12.5. The molecule has 142 valence electrons. The fourth-order valence-electron chi connectivity index (χ4n) is 3.08. The van der Waals surface area contributed by atoms with Gasteiger partial charge in [-0.3, -0.25) is 0 Å². The van der Waals surface area contributed by atoms with Gasteiger partial charge in [0, 0.05) is 11.6 Å². The highest BCUT2D eigenvalue weighted by molar-refractivity contribution is 6.32. The number of methoxy groups -OCH3 is 1. The molecule has 1 aromatic heterocycles. The summed E-state index contributed by atoms with van der Waals surface area (Å²) < 4.78 is 5.33. The van der Waals surface area contributed by atoms with Crippen LogP contribution in [-0.4, -0.2) is 23.1 Å². The summed E-state index contributed by atoms with van der Waals surface area (Å²) in [6.07, 6.45) is 3.78. The van der Waals surface area contributed by atoms with E-state index in [4.69, 9.17) is 26.3 Å². The van der Waals surface area contributed by atoms with Gasteiger partial charge in [0.2, 0.25) is 0 Å². The lowest BCUT2D eigenvalue weighted by Gasteiger charge is -2.20. The SMILES string of the molecule is CCc1nc(-c2cc(Cl)c(OC)cc2C)c(CC)nc1NC(CC)CC. The van der Waals surface area contributed by atoms with Crippen LogP contribution < -0.4 is 10.1 Å².